The van der Waals surface area contributed by atoms with Gasteiger partial charge in [-0.3, -0.25) is 4.99 Å². The zero-order chi connectivity index (χ0) is 18.0. The predicted molar refractivity (Wildman–Crippen MR) is 119 cm³/mol. The Bertz CT molecular complexity index is 821. The second-order valence-corrected chi connectivity index (χ2v) is 5.64. The van der Waals surface area contributed by atoms with E-state index in [0.29, 0.717) is 19.7 Å². The van der Waals surface area contributed by atoms with Crippen LogP contribution in [-0.4, -0.2) is 35.9 Å². The summed E-state index contributed by atoms with van der Waals surface area (Å²) in [6.07, 6.45) is 3.86. The molecule has 1 aromatic heterocycles. The first-order valence-corrected chi connectivity index (χ1v) is 8.56. The summed E-state index contributed by atoms with van der Waals surface area (Å²) in [6.45, 7) is 1.88. The zero-order valence-electron chi connectivity index (χ0n) is 15.2. The van der Waals surface area contributed by atoms with Gasteiger partial charge in [0.25, 0.3) is 0 Å². The van der Waals surface area contributed by atoms with E-state index >= 15 is 0 Å². The van der Waals surface area contributed by atoms with Gasteiger partial charge in [-0.25, -0.2) is 4.68 Å². The number of guanidine groups is 1. The highest BCUT2D eigenvalue weighted by atomic mass is 127. The van der Waals surface area contributed by atoms with E-state index < -0.39 is 0 Å². The Morgan fingerprint density at radius 3 is 2.44 bits per heavy atom. The lowest BCUT2D eigenvalue weighted by Crippen LogP contribution is -2.38. The minimum atomic E-state index is 0. The number of hydrogen-bond donors (Lipinski definition) is 2. The predicted octanol–water partition coefficient (Wildman–Crippen LogP) is 3.23. The number of hydrogen-bond acceptors (Lipinski definition) is 3. The largest absolute Gasteiger partial charge is 0.492 e. The van der Waals surface area contributed by atoms with Crippen LogP contribution in [0.2, 0.25) is 0 Å². The van der Waals surface area contributed by atoms with Crippen LogP contribution in [0.3, 0.4) is 0 Å². The summed E-state index contributed by atoms with van der Waals surface area (Å²) in [4.78, 5) is 4.22. The lowest BCUT2D eigenvalue weighted by Gasteiger charge is -2.12. The summed E-state index contributed by atoms with van der Waals surface area (Å²) < 4.78 is 7.52. The average molecular weight is 477 g/mol. The molecule has 0 amide bonds. The van der Waals surface area contributed by atoms with E-state index in [0.717, 1.165) is 23.0 Å². The Morgan fingerprint density at radius 1 is 1.04 bits per heavy atom. The van der Waals surface area contributed by atoms with Crippen LogP contribution in [-0.2, 0) is 6.54 Å². The maximum atomic E-state index is 5.66. The fourth-order valence-electron chi connectivity index (χ4n) is 2.43. The topological polar surface area (TPSA) is 63.5 Å². The first kappa shape index (κ1) is 20.8. The van der Waals surface area contributed by atoms with Crippen LogP contribution < -0.4 is 15.4 Å². The molecule has 0 unspecified atom stereocenters. The Morgan fingerprint density at radius 2 is 1.74 bits per heavy atom. The number of rotatable bonds is 7. The Hall–Kier alpha value is -2.55. The molecule has 2 aromatic carbocycles. The van der Waals surface area contributed by atoms with Crippen molar-refractivity contribution in [1.82, 2.24) is 20.4 Å². The molecule has 0 spiro atoms. The highest BCUT2D eigenvalue weighted by Crippen LogP contribution is 2.08. The van der Waals surface area contributed by atoms with Gasteiger partial charge in [0.15, 0.2) is 5.96 Å². The van der Waals surface area contributed by atoms with Crippen LogP contribution in [0.4, 0.5) is 0 Å². The van der Waals surface area contributed by atoms with Gasteiger partial charge in [-0.1, -0.05) is 36.4 Å². The number of nitrogens with zero attached hydrogens (tertiary/aromatic N) is 3. The average Bonchev–Trinajstić information content (AvgIpc) is 3.18. The van der Waals surface area contributed by atoms with Crippen molar-refractivity contribution in [3.05, 3.63) is 78.6 Å². The molecule has 2 N–H and O–H groups in total. The maximum absolute atomic E-state index is 5.66. The third-order valence-corrected chi connectivity index (χ3v) is 3.75. The molecule has 0 radical (unpaired) electrons. The molecular formula is C20H24IN5O. The number of nitrogens with one attached hydrogen (secondary N) is 2. The van der Waals surface area contributed by atoms with Gasteiger partial charge < -0.3 is 15.4 Å². The van der Waals surface area contributed by atoms with Gasteiger partial charge in [0.2, 0.25) is 0 Å². The summed E-state index contributed by atoms with van der Waals surface area (Å²) in [5, 5.41) is 10.9. The fraction of sp³-hybridized carbons (Fsp3) is 0.200. The third kappa shape index (κ3) is 6.59. The van der Waals surface area contributed by atoms with Crippen molar-refractivity contribution in [2.24, 2.45) is 4.99 Å². The van der Waals surface area contributed by atoms with Crippen LogP contribution in [0.15, 0.2) is 78.0 Å². The van der Waals surface area contributed by atoms with E-state index in [4.69, 9.17) is 4.74 Å². The lowest BCUT2D eigenvalue weighted by atomic mass is 10.3. The molecular weight excluding hydrogens is 453 g/mol. The first-order chi connectivity index (χ1) is 12.8. The summed E-state index contributed by atoms with van der Waals surface area (Å²) in [5.41, 5.74) is 2.12. The Balaban J connectivity index is 0.00000261. The van der Waals surface area contributed by atoms with Gasteiger partial charge in [0, 0.05) is 25.4 Å². The first-order valence-electron chi connectivity index (χ1n) is 8.56. The van der Waals surface area contributed by atoms with Gasteiger partial charge in [-0.15, -0.1) is 24.0 Å². The smallest absolute Gasteiger partial charge is 0.191 e. The van der Waals surface area contributed by atoms with Gasteiger partial charge in [-0.05, 0) is 24.3 Å². The number of ether oxygens (including phenoxy) is 1. The monoisotopic (exact) mass is 477 g/mol. The van der Waals surface area contributed by atoms with Crippen LogP contribution in [0.25, 0.3) is 5.69 Å². The van der Waals surface area contributed by atoms with Gasteiger partial charge in [0.05, 0.1) is 18.4 Å². The molecule has 0 aliphatic carbocycles. The second-order valence-electron chi connectivity index (χ2n) is 5.64. The molecule has 1 heterocycles. The molecule has 0 saturated heterocycles. The molecule has 0 bridgehead atoms. The third-order valence-electron chi connectivity index (χ3n) is 3.75. The van der Waals surface area contributed by atoms with Gasteiger partial charge >= 0.3 is 0 Å². The highest BCUT2D eigenvalue weighted by Gasteiger charge is 2.02. The fourth-order valence-corrected chi connectivity index (χ4v) is 2.43. The number of benzene rings is 2. The van der Waals surface area contributed by atoms with Crippen molar-refractivity contribution in [1.29, 1.82) is 0 Å². The van der Waals surface area contributed by atoms with Gasteiger partial charge in [-0.2, -0.15) is 5.10 Å². The number of halogens is 1. The van der Waals surface area contributed by atoms with E-state index in [1.807, 2.05) is 77.7 Å². The van der Waals surface area contributed by atoms with Crippen LogP contribution in [0.1, 0.15) is 5.56 Å². The summed E-state index contributed by atoms with van der Waals surface area (Å²) in [6, 6.07) is 19.8. The van der Waals surface area contributed by atoms with Crippen LogP contribution in [0, 0.1) is 0 Å². The summed E-state index contributed by atoms with van der Waals surface area (Å²) >= 11 is 0. The number of aliphatic imine (C=N–C) groups is 1. The van der Waals surface area contributed by atoms with Crippen molar-refractivity contribution in [2.75, 3.05) is 20.2 Å². The van der Waals surface area contributed by atoms with Crippen molar-refractivity contribution in [3.63, 3.8) is 0 Å². The number of para-hydroxylation sites is 2. The van der Waals surface area contributed by atoms with E-state index in [9.17, 15) is 0 Å². The molecule has 27 heavy (non-hydrogen) atoms. The van der Waals surface area contributed by atoms with Gasteiger partial charge in [0.1, 0.15) is 12.4 Å². The maximum Gasteiger partial charge on any atom is 0.191 e. The SMILES string of the molecule is CN=C(NCCOc1ccccc1)NCc1cnn(-c2ccccc2)c1.I. The normalized spacial score (nSPS) is 10.8. The zero-order valence-corrected chi connectivity index (χ0v) is 17.5. The Labute approximate surface area is 176 Å². The Kier molecular flexibility index (Phi) is 8.63. The molecule has 0 aliphatic rings. The highest BCUT2D eigenvalue weighted by molar-refractivity contribution is 14.0. The van der Waals surface area contributed by atoms with E-state index in [1.54, 1.807) is 7.05 Å². The van der Waals surface area contributed by atoms with E-state index in [1.165, 1.54) is 0 Å². The molecule has 0 saturated carbocycles. The molecule has 3 aromatic rings. The molecule has 142 valence electrons. The summed E-state index contributed by atoms with van der Waals surface area (Å²) in [7, 11) is 1.75. The molecule has 6 nitrogen and oxygen atoms in total. The van der Waals surface area contributed by atoms with E-state index in [-0.39, 0.29) is 24.0 Å². The van der Waals surface area contributed by atoms with Crippen LogP contribution in [0.5, 0.6) is 5.75 Å². The second kappa shape index (κ2) is 11.2. The lowest BCUT2D eigenvalue weighted by molar-refractivity contribution is 0.322. The van der Waals surface area contributed by atoms with E-state index in [2.05, 4.69) is 20.7 Å². The van der Waals surface area contributed by atoms with Crippen molar-refractivity contribution >= 4 is 29.9 Å². The molecule has 0 fully saturated rings. The summed E-state index contributed by atoms with van der Waals surface area (Å²) in [5.74, 6) is 1.60. The minimum absolute atomic E-state index is 0. The molecule has 0 atom stereocenters. The van der Waals surface area contributed by atoms with Crippen molar-refractivity contribution in [3.8, 4) is 11.4 Å². The number of aromatic nitrogens is 2. The van der Waals surface area contributed by atoms with Crippen molar-refractivity contribution < 1.29 is 4.74 Å². The standard InChI is InChI=1S/C20H23N5O.HI/c1-21-20(22-12-13-26-19-10-6-3-7-11-19)23-14-17-15-24-25(16-17)18-8-4-2-5-9-18;/h2-11,15-16H,12-14H2,1H3,(H2,21,22,23);1H. The molecule has 0 aliphatic heterocycles. The minimum Gasteiger partial charge on any atom is -0.492 e. The van der Waals surface area contributed by atoms with Crippen molar-refractivity contribution in [2.45, 2.75) is 6.54 Å². The van der Waals surface area contributed by atoms with Crippen LogP contribution >= 0.6 is 24.0 Å². The quantitative estimate of drug-likeness (QED) is 0.238. The molecule has 7 heteroatoms. The molecule has 3 rings (SSSR count).